The summed E-state index contributed by atoms with van der Waals surface area (Å²) < 4.78 is 0. The molecule has 2 unspecified atom stereocenters. The largest absolute Gasteiger partial charge is 0.480 e. The number of aliphatic carboxylic acids is 1. The standard InChI is InChI=1S/C9H9NO2/c11-9(12)8-7(10-8)6-4-2-1-3-5-6/h1-5,7-8,10H,(H,11,12). The van der Waals surface area contributed by atoms with Gasteiger partial charge in [-0.15, -0.1) is 0 Å². The Hall–Kier alpha value is -1.35. The Balaban J connectivity index is 2.11. The van der Waals surface area contributed by atoms with Crippen molar-refractivity contribution in [2.75, 3.05) is 0 Å². The highest BCUT2D eigenvalue weighted by Gasteiger charge is 2.43. The van der Waals surface area contributed by atoms with Crippen molar-refractivity contribution in [2.24, 2.45) is 0 Å². The van der Waals surface area contributed by atoms with Crippen LogP contribution in [0.5, 0.6) is 0 Å². The third kappa shape index (κ3) is 1.19. The molecule has 1 fully saturated rings. The maximum absolute atomic E-state index is 10.5. The molecule has 1 aliphatic heterocycles. The van der Waals surface area contributed by atoms with Gasteiger partial charge in [0, 0.05) is 0 Å². The summed E-state index contributed by atoms with van der Waals surface area (Å²) in [5, 5.41) is 11.5. The molecule has 0 radical (unpaired) electrons. The molecule has 1 heterocycles. The van der Waals surface area contributed by atoms with Crippen LogP contribution in [0.4, 0.5) is 0 Å². The second kappa shape index (κ2) is 2.60. The van der Waals surface area contributed by atoms with Gasteiger partial charge in [0.2, 0.25) is 0 Å². The number of hydrogen-bond acceptors (Lipinski definition) is 2. The first kappa shape index (κ1) is 7.31. The van der Waals surface area contributed by atoms with Gasteiger partial charge in [0.25, 0.3) is 0 Å². The van der Waals surface area contributed by atoms with Crippen LogP contribution in [0.1, 0.15) is 11.6 Å². The lowest BCUT2D eigenvalue weighted by Crippen LogP contribution is -2.07. The van der Waals surface area contributed by atoms with E-state index in [1.165, 1.54) is 0 Å². The van der Waals surface area contributed by atoms with Crippen molar-refractivity contribution in [1.29, 1.82) is 0 Å². The van der Waals surface area contributed by atoms with Gasteiger partial charge in [-0.1, -0.05) is 30.3 Å². The van der Waals surface area contributed by atoms with Crippen molar-refractivity contribution < 1.29 is 9.90 Å². The first-order valence-electron chi connectivity index (χ1n) is 3.83. The first-order valence-corrected chi connectivity index (χ1v) is 3.83. The minimum absolute atomic E-state index is 0.0173. The zero-order valence-corrected chi connectivity index (χ0v) is 6.40. The number of nitrogens with one attached hydrogen (secondary N) is 1. The second-order valence-corrected chi connectivity index (χ2v) is 2.87. The Labute approximate surface area is 70.0 Å². The molecule has 0 aromatic heterocycles. The molecule has 2 rings (SSSR count). The predicted molar refractivity (Wildman–Crippen MR) is 43.7 cm³/mol. The molecule has 3 nitrogen and oxygen atoms in total. The lowest BCUT2D eigenvalue weighted by molar-refractivity contribution is -0.136. The monoisotopic (exact) mass is 163 g/mol. The maximum atomic E-state index is 10.5. The van der Waals surface area contributed by atoms with Crippen molar-refractivity contribution in [3.63, 3.8) is 0 Å². The average molecular weight is 163 g/mol. The fourth-order valence-electron chi connectivity index (χ4n) is 1.30. The van der Waals surface area contributed by atoms with Crippen LogP contribution in [-0.2, 0) is 4.79 Å². The Kier molecular flexibility index (Phi) is 1.59. The summed E-state index contributed by atoms with van der Waals surface area (Å²) >= 11 is 0. The summed E-state index contributed by atoms with van der Waals surface area (Å²) in [6.45, 7) is 0. The number of rotatable bonds is 2. The molecule has 1 aliphatic rings. The van der Waals surface area contributed by atoms with Crippen LogP contribution in [-0.4, -0.2) is 17.1 Å². The lowest BCUT2D eigenvalue weighted by atomic mass is 10.1. The molecule has 12 heavy (non-hydrogen) atoms. The number of carbonyl (C=O) groups is 1. The molecular weight excluding hydrogens is 154 g/mol. The zero-order valence-electron chi connectivity index (χ0n) is 6.40. The van der Waals surface area contributed by atoms with Gasteiger partial charge < -0.3 is 5.11 Å². The van der Waals surface area contributed by atoms with Crippen LogP contribution in [0.3, 0.4) is 0 Å². The molecule has 0 amide bonds. The number of hydrogen-bond donors (Lipinski definition) is 2. The normalized spacial score (nSPS) is 26.7. The van der Waals surface area contributed by atoms with E-state index in [2.05, 4.69) is 5.32 Å². The molecule has 0 bridgehead atoms. The minimum atomic E-state index is -0.774. The van der Waals surface area contributed by atoms with Crippen LogP contribution >= 0.6 is 0 Å². The van der Waals surface area contributed by atoms with Gasteiger partial charge in [0.15, 0.2) is 0 Å². The first-order chi connectivity index (χ1) is 5.79. The summed E-state index contributed by atoms with van der Waals surface area (Å²) in [6, 6.07) is 9.24. The second-order valence-electron chi connectivity index (χ2n) is 2.87. The molecule has 2 atom stereocenters. The molecule has 0 saturated carbocycles. The van der Waals surface area contributed by atoms with Crippen molar-refractivity contribution in [3.05, 3.63) is 35.9 Å². The Morgan fingerprint density at radius 1 is 1.33 bits per heavy atom. The maximum Gasteiger partial charge on any atom is 0.322 e. The fraction of sp³-hybridized carbons (Fsp3) is 0.222. The Morgan fingerprint density at radius 2 is 2.00 bits per heavy atom. The van der Waals surface area contributed by atoms with Gasteiger partial charge in [-0.3, -0.25) is 10.1 Å². The van der Waals surface area contributed by atoms with Crippen molar-refractivity contribution >= 4 is 5.97 Å². The zero-order chi connectivity index (χ0) is 8.55. The molecule has 62 valence electrons. The Bertz CT molecular complexity index is 297. The lowest BCUT2D eigenvalue weighted by Gasteiger charge is -1.93. The summed E-state index contributed by atoms with van der Waals surface area (Å²) in [4.78, 5) is 10.5. The molecule has 1 aromatic rings. The van der Waals surface area contributed by atoms with Gasteiger partial charge >= 0.3 is 5.97 Å². The topological polar surface area (TPSA) is 59.2 Å². The van der Waals surface area contributed by atoms with E-state index in [9.17, 15) is 4.79 Å². The van der Waals surface area contributed by atoms with Gasteiger partial charge in [0.1, 0.15) is 6.04 Å². The summed E-state index contributed by atoms with van der Waals surface area (Å²) in [6.07, 6.45) is 0. The molecule has 3 heteroatoms. The summed E-state index contributed by atoms with van der Waals surface area (Å²) in [5.74, 6) is -0.774. The Morgan fingerprint density at radius 3 is 2.50 bits per heavy atom. The number of benzene rings is 1. The summed E-state index contributed by atoms with van der Waals surface area (Å²) in [5.41, 5.74) is 1.05. The van der Waals surface area contributed by atoms with Crippen LogP contribution in [0.2, 0.25) is 0 Å². The van der Waals surface area contributed by atoms with E-state index >= 15 is 0 Å². The highest BCUT2D eigenvalue weighted by atomic mass is 16.4. The van der Waals surface area contributed by atoms with Crippen LogP contribution in [0.15, 0.2) is 30.3 Å². The minimum Gasteiger partial charge on any atom is -0.480 e. The number of carboxylic acids is 1. The van der Waals surface area contributed by atoms with Crippen molar-refractivity contribution in [3.8, 4) is 0 Å². The summed E-state index contributed by atoms with van der Waals surface area (Å²) in [7, 11) is 0. The van der Waals surface area contributed by atoms with Gasteiger partial charge in [-0.25, -0.2) is 0 Å². The molecular formula is C9H9NO2. The highest BCUT2D eigenvalue weighted by molar-refractivity contribution is 5.78. The molecule has 1 saturated heterocycles. The van der Waals surface area contributed by atoms with E-state index in [0.717, 1.165) is 5.56 Å². The van der Waals surface area contributed by atoms with Gasteiger partial charge in [-0.05, 0) is 5.56 Å². The van der Waals surface area contributed by atoms with E-state index in [4.69, 9.17) is 5.11 Å². The van der Waals surface area contributed by atoms with Crippen LogP contribution in [0.25, 0.3) is 0 Å². The third-order valence-electron chi connectivity index (χ3n) is 2.01. The van der Waals surface area contributed by atoms with Crippen molar-refractivity contribution in [2.45, 2.75) is 12.1 Å². The molecule has 0 spiro atoms. The average Bonchev–Trinajstić information content (AvgIpc) is 2.84. The van der Waals surface area contributed by atoms with Gasteiger partial charge in [0.05, 0.1) is 6.04 Å². The van der Waals surface area contributed by atoms with Gasteiger partial charge in [-0.2, -0.15) is 0 Å². The van der Waals surface area contributed by atoms with Crippen LogP contribution in [0, 0.1) is 0 Å². The van der Waals surface area contributed by atoms with Crippen molar-refractivity contribution in [1.82, 2.24) is 5.32 Å². The quantitative estimate of drug-likeness (QED) is 0.633. The van der Waals surface area contributed by atoms with E-state index < -0.39 is 5.97 Å². The highest BCUT2D eigenvalue weighted by Crippen LogP contribution is 2.29. The molecule has 1 aromatic carbocycles. The number of carboxylic acid groups (broad SMARTS) is 1. The van der Waals surface area contributed by atoms with Crippen LogP contribution < -0.4 is 5.32 Å². The van der Waals surface area contributed by atoms with E-state index in [-0.39, 0.29) is 12.1 Å². The van der Waals surface area contributed by atoms with E-state index in [1.807, 2.05) is 30.3 Å². The van der Waals surface area contributed by atoms with E-state index in [0.29, 0.717) is 0 Å². The fourth-order valence-corrected chi connectivity index (χ4v) is 1.30. The smallest absolute Gasteiger partial charge is 0.322 e. The molecule has 2 N–H and O–H groups in total. The predicted octanol–water partition coefficient (Wildman–Crippen LogP) is 0.784. The SMILES string of the molecule is O=C(O)C1NC1c1ccccc1. The molecule has 0 aliphatic carbocycles. The third-order valence-corrected chi connectivity index (χ3v) is 2.01. The van der Waals surface area contributed by atoms with E-state index in [1.54, 1.807) is 0 Å².